The Morgan fingerprint density at radius 1 is 1.50 bits per heavy atom. The van der Waals surface area contributed by atoms with Crippen LogP contribution >= 0.6 is 0 Å². The molecule has 1 aliphatic carbocycles. The Hall–Kier alpha value is -2.22. The number of ether oxygens (including phenoxy) is 2. The molecule has 0 aromatic heterocycles. The van der Waals surface area contributed by atoms with Gasteiger partial charge in [0, 0.05) is 17.5 Å². The number of carbonyl (C=O) groups excluding carboxylic acids is 1. The van der Waals surface area contributed by atoms with E-state index in [2.05, 4.69) is 6.07 Å². The number of benzene rings is 1. The summed E-state index contributed by atoms with van der Waals surface area (Å²) in [6.07, 6.45) is 2.46. The molecule has 1 fully saturated rings. The lowest BCUT2D eigenvalue weighted by Crippen LogP contribution is -2.15. The monoisotopic (exact) mass is 274 g/mol. The van der Waals surface area contributed by atoms with Crippen LogP contribution in [0, 0.1) is 16.7 Å². The molecule has 0 spiro atoms. The first-order valence-electron chi connectivity index (χ1n) is 6.66. The largest absolute Gasteiger partial charge is 0.492 e. The molecule has 1 aliphatic rings. The van der Waals surface area contributed by atoms with Gasteiger partial charge in [-0.1, -0.05) is 0 Å². The number of nitriles is 1. The molecule has 106 valence electrons. The van der Waals surface area contributed by atoms with E-state index in [1.165, 1.54) is 0 Å². The molecule has 0 amide bonds. The highest BCUT2D eigenvalue weighted by atomic mass is 16.5. The van der Waals surface area contributed by atoms with E-state index < -0.39 is 5.97 Å². The summed E-state index contributed by atoms with van der Waals surface area (Å²) in [4.78, 5) is 11.9. The molecule has 1 saturated carbocycles. The van der Waals surface area contributed by atoms with E-state index in [0.717, 1.165) is 12.8 Å². The Morgan fingerprint density at radius 3 is 2.85 bits per heavy atom. The summed E-state index contributed by atoms with van der Waals surface area (Å²) in [6.45, 7) is 2.49. The summed E-state index contributed by atoms with van der Waals surface area (Å²) in [6, 6.07) is 7.09. The molecule has 20 heavy (non-hydrogen) atoms. The maximum atomic E-state index is 11.9. The summed E-state index contributed by atoms with van der Waals surface area (Å²) < 4.78 is 10.7. The Balaban J connectivity index is 2.11. The summed E-state index contributed by atoms with van der Waals surface area (Å²) in [5, 5.41) is 8.79. The zero-order valence-electron chi connectivity index (χ0n) is 11.5. The van der Waals surface area contributed by atoms with Crippen LogP contribution in [0.15, 0.2) is 18.2 Å². The van der Waals surface area contributed by atoms with E-state index in [0.29, 0.717) is 36.6 Å². The first-order chi connectivity index (χ1) is 9.60. The fraction of sp³-hybridized carbons (Fsp3) is 0.467. The Kier molecular flexibility index (Phi) is 4.14. The fourth-order valence-corrected chi connectivity index (χ4v) is 1.99. The minimum atomic E-state index is -0.445. The molecule has 0 saturated heterocycles. The van der Waals surface area contributed by atoms with Gasteiger partial charge >= 0.3 is 5.97 Å². The van der Waals surface area contributed by atoms with Crippen LogP contribution in [0.1, 0.15) is 36.5 Å². The number of anilines is 1. The van der Waals surface area contributed by atoms with E-state index in [1.807, 2.05) is 0 Å². The zero-order valence-corrected chi connectivity index (χ0v) is 11.5. The number of rotatable bonds is 6. The number of carbonyl (C=O) groups is 1. The van der Waals surface area contributed by atoms with E-state index >= 15 is 0 Å². The normalized spacial score (nSPS) is 15.2. The van der Waals surface area contributed by atoms with Crippen molar-refractivity contribution in [1.29, 1.82) is 5.26 Å². The van der Waals surface area contributed by atoms with Gasteiger partial charge in [0.15, 0.2) is 0 Å². The number of nitrogen functional groups attached to an aromatic ring is 1. The Morgan fingerprint density at radius 2 is 2.25 bits per heavy atom. The van der Waals surface area contributed by atoms with Crippen molar-refractivity contribution in [2.75, 3.05) is 18.9 Å². The molecule has 5 heteroatoms. The van der Waals surface area contributed by atoms with Gasteiger partial charge in [-0.2, -0.15) is 5.26 Å². The third-order valence-corrected chi connectivity index (χ3v) is 3.44. The van der Waals surface area contributed by atoms with Gasteiger partial charge in [0.25, 0.3) is 0 Å². The van der Waals surface area contributed by atoms with Crippen molar-refractivity contribution >= 4 is 11.7 Å². The summed E-state index contributed by atoms with van der Waals surface area (Å²) >= 11 is 0. The minimum absolute atomic E-state index is 0.0396. The fourth-order valence-electron chi connectivity index (χ4n) is 1.99. The molecule has 0 aliphatic heterocycles. The third-order valence-electron chi connectivity index (χ3n) is 3.44. The topological polar surface area (TPSA) is 85.3 Å². The zero-order chi connectivity index (χ0) is 14.6. The Bertz CT molecular complexity index is 545. The molecule has 5 nitrogen and oxygen atoms in total. The van der Waals surface area contributed by atoms with Crippen molar-refractivity contribution in [2.45, 2.75) is 26.2 Å². The Labute approximate surface area is 118 Å². The van der Waals surface area contributed by atoms with E-state index in [4.69, 9.17) is 20.5 Å². The van der Waals surface area contributed by atoms with E-state index in [-0.39, 0.29) is 5.41 Å². The lowest BCUT2D eigenvalue weighted by atomic mass is 10.1. The molecule has 2 N–H and O–H groups in total. The maximum absolute atomic E-state index is 11.9. The average Bonchev–Trinajstić information content (AvgIpc) is 3.18. The van der Waals surface area contributed by atoms with Crippen molar-refractivity contribution in [2.24, 2.45) is 5.41 Å². The van der Waals surface area contributed by atoms with Crippen molar-refractivity contribution in [1.82, 2.24) is 0 Å². The molecular weight excluding hydrogens is 256 g/mol. The second-order valence-corrected chi connectivity index (χ2v) is 5.10. The molecule has 0 unspecified atom stereocenters. The van der Waals surface area contributed by atoms with Gasteiger partial charge in [-0.15, -0.1) is 0 Å². The smallest absolute Gasteiger partial charge is 0.341 e. The summed E-state index contributed by atoms with van der Waals surface area (Å²) in [5.74, 6) is 0.0156. The predicted octanol–water partition coefficient (Wildman–Crippen LogP) is 2.52. The molecule has 0 bridgehead atoms. The molecule has 0 radical (unpaired) electrons. The molecule has 1 aromatic carbocycles. The third kappa shape index (κ3) is 3.21. The van der Waals surface area contributed by atoms with Gasteiger partial charge in [0.2, 0.25) is 0 Å². The van der Waals surface area contributed by atoms with Crippen molar-refractivity contribution in [3.8, 4) is 11.8 Å². The molecule has 2 rings (SSSR count). The second kappa shape index (κ2) is 5.83. The summed E-state index contributed by atoms with van der Waals surface area (Å²) in [7, 11) is 0. The van der Waals surface area contributed by atoms with Crippen LogP contribution < -0.4 is 10.5 Å². The number of hydrogen-bond donors (Lipinski definition) is 1. The van der Waals surface area contributed by atoms with Crippen LogP contribution in [0.25, 0.3) is 0 Å². The van der Waals surface area contributed by atoms with Crippen LogP contribution in [0.2, 0.25) is 0 Å². The SMILES string of the molecule is CCOC(=O)c1cc(N)ccc1OCC1(CC#N)CC1. The van der Waals surface area contributed by atoms with Gasteiger partial charge in [-0.25, -0.2) is 4.79 Å². The van der Waals surface area contributed by atoms with Gasteiger partial charge in [0.1, 0.15) is 11.3 Å². The minimum Gasteiger partial charge on any atom is -0.492 e. The first kappa shape index (κ1) is 14.2. The highest BCUT2D eigenvalue weighted by Gasteiger charge is 2.43. The van der Waals surface area contributed by atoms with Crippen LogP contribution in [0.4, 0.5) is 5.69 Å². The predicted molar refractivity (Wildman–Crippen MR) is 74.2 cm³/mol. The number of hydrogen-bond acceptors (Lipinski definition) is 5. The standard InChI is InChI=1S/C15H18N2O3/c1-2-19-14(18)12-9-11(17)3-4-13(12)20-10-15(5-6-15)7-8-16/h3-4,9H,2,5-7,10,17H2,1H3. The van der Waals surface area contributed by atoms with Crippen LogP contribution in [-0.2, 0) is 4.74 Å². The molecule has 1 aromatic rings. The maximum Gasteiger partial charge on any atom is 0.341 e. The van der Waals surface area contributed by atoms with Gasteiger partial charge in [-0.05, 0) is 38.0 Å². The molecular formula is C15H18N2O3. The van der Waals surface area contributed by atoms with Gasteiger partial charge in [0.05, 0.1) is 19.3 Å². The van der Waals surface area contributed by atoms with Gasteiger partial charge < -0.3 is 15.2 Å². The first-order valence-corrected chi connectivity index (χ1v) is 6.66. The van der Waals surface area contributed by atoms with Crippen molar-refractivity contribution in [3.63, 3.8) is 0 Å². The van der Waals surface area contributed by atoms with Crippen molar-refractivity contribution in [3.05, 3.63) is 23.8 Å². The number of nitrogens with zero attached hydrogens (tertiary/aromatic N) is 1. The van der Waals surface area contributed by atoms with Crippen LogP contribution in [-0.4, -0.2) is 19.2 Å². The highest BCUT2D eigenvalue weighted by molar-refractivity contribution is 5.93. The van der Waals surface area contributed by atoms with E-state index in [1.54, 1.807) is 25.1 Å². The quantitative estimate of drug-likeness (QED) is 0.636. The van der Waals surface area contributed by atoms with Crippen LogP contribution in [0.3, 0.4) is 0 Å². The van der Waals surface area contributed by atoms with Gasteiger partial charge in [-0.3, -0.25) is 0 Å². The van der Waals surface area contributed by atoms with E-state index in [9.17, 15) is 4.79 Å². The lowest BCUT2D eigenvalue weighted by Gasteiger charge is -2.15. The second-order valence-electron chi connectivity index (χ2n) is 5.10. The van der Waals surface area contributed by atoms with Crippen LogP contribution in [0.5, 0.6) is 5.75 Å². The van der Waals surface area contributed by atoms with Crippen molar-refractivity contribution < 1.29 is 14.3 Å². The highest BCUT2D eigenvalue weighted by Crippen LogP contribution is 2.48. The molecule has 0 atom stereocenters. The number of nitrogens with two attached hydrogens (primary N) is 1. The molecule has 0 heterocycles. The lowest BCUT2D eigenvalue weighted by molar-refractivity contribution is 0.0520. The summed E-state index contributed by atoms with van der Waals surface area (Å²) in [5.41, 5.74) is 6.48. The average molecular weight is 274 g/mol. The number of esters is 1.